The largest absolute Gasteiger partial charge is 0.324 e. The molecule has 0 spiro atoms. The van der Waals surface area contributed by atoms with Gasteiger partial charge in [-0.2, -0.15) is 10.1 Å². The first-order valence-corrected chi connectivity index (χ1v) is 9.87. The van der Waals surface area contributed by atoms with Crippen molar-refractivity contribution < 1.29 is 0 Å². The number of aromatic nitrogens is 3. The molecule has 1 atom stereocenters. The fourth-order valence-electron chi connectivity index (χ4n) is 3.47. The molecule has 0 saturated heterocycles. The van der Waals surface area contributed by atoms with Gasteiger partial charge in [-0.05, 0) is 40.5 Å². The van der Waals surface area contributed by atoms with Gasteiger partial charge in [0.25, 0.3) is 0 Å². The molecule has 4 nitrogen and oxygen atoms in total. The zero-order chi connectivity index (χ0) is 18.9. The Labute approximate surface area is 171 Å². The summed E-state index contributed by atoms with van der Waals surface area (Å²) in [6.45, 7) is 0. The van der Waals surface area contributed by atoms with Gasteiger partial charge in [0, 0.05) is 10.2 Å². The lowest BCUT2D eigenvalue weighted by Gasteiger charge is -2.24. The Morgan fingerprint density at radius 2 is 1.46 bits per heavy atom. The van der Waals surface area contributed by atoms with Crippen LogP contribution in [-0.2, 0) is 0 Å². The molecule has 0 bridgehead atoms. The van der Waals surface area contributed by atoms with Gasteiger partial charge < -0.3 is 5.32 Å². The zero-order valence-corrected chi connectivity index (χ0v) is 16.5. The topological polar surface area (TPSA) is 42.7 Å². The van der Waals surface area contributed by atoms with Crippen LogP contribution < -0.4 is 5.32 Å². The van der Waals surface area contributed by atoms with Gasteiger partial charge in [-0.25, -0.2) is 4.68 Å². The minimum atomic E-state index is -0.00403. The maximum Gasteiger partial charge on any atom is 0.226 e. The maximum absolute atomic E-state index is 4.41. The fourth-order valence-corrected chi connectivity index (χ4v) is 3.74. The van der Waals surface area contributed by atoms with Gasteiger partial charge in [0.05, 0.1) is 0 Å². The first-order valence-electron chi connectivity index (χ1n) is 9.07. The third kappa shape index (κ3) is 3.14. The molecule has 2 heterocycles. The van der Waals surface area contributed by atoms with Crippen LogP contribution in [0.5, 0.6) is 0 Å². The molecular weight excluding hydrogens is 412 g/mol. The van der Waals surface area contributed by atoms with E-state index in [-0.39, 0.29) is 6.04 Å². The highest BCUT2D eigenvalue weighted by Crippen LogP contribution is 2.33. The quantitative estimate of drug-likeness (QED) is 0.450. The molecule has 0 amide bonds. The van der Waals surface area contributed by atoms with E-state index in [1.807, 2.05) is 10.7 Å². The lowest BCUT2D eigenvalue weighted by molar-refractivity contribution is 0.612. The van der Waals surface area contributed by atoms with Crippen molar-refractivity contribution in [1.29, 1.82) is 0 Å². The van der Waals surface area contributed by atoms with Gasteiger partial charge in [-0.3, -0.25) is 0 Å². The van der Waals surface area contributed by atoms with Crippen LogP contribution in [0.15, 0.2) is 95.7 Å². The van der Waals surface area contributed by atoms with Gasteiger partial charge >= 0.3 is 0 Å². The molecule has 5 rings (SSSR count). The van der Waals surface area contributed by atoms with Gasteiger partial charge in [0.2, 0.25) is 5.95 Å². The molecule has 28 heavy (non-hydrogen) atoms. The van der Waals surface area contributed by atoms with Gasteiger partial charge in [0.15, 0.2) is 0 Å². The molecule has 0 radical (unpaired) electrons. The molecule has 136 valence electrons. The van der Waals surface area contributed by atoms with Gasteiger partial charge in [0.1, 0.15) is 12.4 Å². The SMILES string of the molecule is Brc1ccc([C@@H]2C=C(c3ccc(-c4ccccc4)cc3)Nc3ncnn32)cc1. The summed E-state index contributed by atoms with van der Waals surface area (Å²) in [5, 5.41) is 7.81. The molecule has 1 aliphatic rings. The number of halogens is 1. The summed E-state index contributed by atoms with van der Waals surface area (Å²) in [4.78, 5) is 4.38. The van der Waals surface area contributed by atoms with Crippen molar-refractivity contribution in [2.24, 2.45) is 0 Å². The number of hydrogen-bond acceptors (Lipinski definition) is 3. The van der Waals surface area contributed by atoms with E-state index in [2.05, 4.69) is 110 Å². The van der Waals surface area contributed by atoms with E-state index in [4.69, 9.17) is 0 Å². The molecule has 0 aliphatic carbocycles. The Hall–Kier alpha value is -3.18. The van der Waals surface area contributed by atoms with E-state index in [0.717, 1.165) is 27.2 Å². The highest BCUT2D eigenvalue weighted by molar-refractivity contribution is 9.10. The van der Waals surface area contributed by atoms with E-state index < -0.39 is 0 Å². The van der Waals surface area contributed by atoms with Crippen LogP contribution in [0.3, 0.4) is 0 Å². The zero-order valence-electron chi connectivity index (χ0n) is 15.0. The van der Waals surface area contributed by atoms with Gasteiger partial charge in [-0.1, -0.05) is 82.7 Å². The fraction of sp³-hybridized carbons (Fsp3) is 0.0435. The first-order chi connectivity index (χ1) is 13.8. The van der Waals surface area contributed by atoms with Crippen molar-refractivity contribution in [2.45, 2.75) is 6.04 Å². The van der Waals surface area contributed by atoms with Crippen molar-refractivity contribution in [3.63, 3.8) is 0 Å². The molecule has 0 unspecified atom stereocenters. The monoisotopic (exact) mass is 428 g/mol. The molecule has 3 aromatic carbocycles. The van der Waals surface area contributed by atoms with Crippen LogP contribution in [0.25, 0.3) is 16.8 Å². The summed E-state index contributed by atoms with van der Waals surface area (Å²) >= 11 is 3.51. The summed E-state index contributed by atoms with van der Waals surface area (Å²) in [6, 6.07) is 27.3. The summed E-state index contributed by atoms with van der Waals surface area (Å²) in [6.07, 6.45) is 3.78. The normalized spacial score (nSPS) is 15.5. The molecule has 5 heteroatoms. The molecule has 4 aromatic rings. The van der Waals surface area contributed by atoms with Crippen molar-refractivity contribution in [1.82, 2.24) is 14.8 Å². The first kappa shape index (κ1) is 17.0. The lowest BCUT2D eigenvalue weighted by Crippen LogP contribution is -2.20. The second-order valence-corrected chi connectivity index (χ2v) is 7.59. The molecule has 1 N–H and O–H groups in total. The predicted octanol–water partition coefficient (Wildman–Crippen LogP) is 5.76. The number of nitrogens with one attached hydrogen (secondary N) is 1. The standard InChI is InChI=1S/C23H17BrN4/c24-20-12-10-19(11-13-20)22-14-21(27-23-25-15-26-28(22)23)18-8-6-17(7-9-18)16-4-2-1-3-5-16/h1-15,22H,(H,25,26,27)/t22-/m0/s1. The summed E-state index contributed by atoms with van der Waals surface area (Å²) in [5.41, 5.74) is 5.74. The van der Waals surface area contributed by atoms with Crippen molar-refractivity contribution >= 4 is 27.6 Å². The summed E-state index contributed by atoms with van der Waals surface area (Å²) < 4.78 is 2.97. The minimum Gasteiger partial charge on any atom is -0.324 e. The number of fused-ring (bicyclic) bond motifs is 1. The molecule has 0 fully saturated rings. The third-order valence-electron chi connectivity index (χ3n) is 4.92. The average molecular weight is 429 g/mol. The van der Waals surface area contributed by atoms with Crippen molar-refractivity contribution in [3.8, 4) is 11.1 Å². The smallest absolute Gasteiger partial charge is 0.226 e. The van der Waals surface area contributed by atoms with Crippen LogP contribution >= 0.6 is 15.9 Å². The summed E-state index contributed by atoms with van der Waals surface area (Å²) in [7, 11) is 0. The van der Waals surface area contributed by atoms with E-state index >= 15 is 0 Å². The van der Waals surface area contributed by atoms with E-state index in [1.165, 1.54) is 11.1 Å². The highest BCUT2D eigenvalue weighted by Gasteiger charge is 2.23. The molecule has 0 saturated carbocycles. The van der Waals surface area contributed by atoms with E-state index in [1.54, 1.807) is 6.33 Å². The maximum atomic E-state index is 4.41. The second-order valence-electron chi connectivity index (χ2n) is 6.67. The van der Waals surface area contributed by atoms with E-state index in [0.29, 0.717) is 0 Å². The highest BCUT2D eigenvalue weighted by atomic mass is 79.9. The number of nitrogens with zero attached hydrogens (tertiary/aromatic N) is 3. The Morgan fingerprint density at radius 3 is 2.21 bits per heavy atom. The molecule has 1 aliphatic heterocycles. The number of rotatable bonds is 3. The Balaban J connectivity index is 1.52. The van der Waals surface area contributed by atoms with Crippen LogP contribution in [-0.4, -0.2) is 14.8 Å². The third-order valence-corrected chi connectivity index (χ3v) is 5.45. The van der Waals surface area contributed by atoms with Crippen molar-refractivity contribution in [2.75, 3.05) is 5.32 Å². The number of hydrogen-bond donors (Lipinski definition) is 1. The Bertz CT molecular complexity index is 1130. The van der Waals surface area contributed by atoms with Crippen LogP contribution in [0.4, 0.5) is 5.95 Å². The van der Waals surface area contributed by atoms with Gasteiger partial charge in [-0.15, -0.1) is 0 Å². The second kappa shape index (κ2) is 7.09. The summed E-state index contributed by atoms with van der Waals surface area (Å²) in [5.74, 6) is 0.748. The number of anilines is 1. The van der Waals surface area contributed by atoms with E-state index in [9.17, 15) is 0 Å². The lowest BCUT2D eigenvalue weighted by atomic mass is 9.99. The Morgan fingerprint density at radius 1 is 0.786 bits per heavy atom. The van der Waals surface area contributed by atoms with Crippen molar-refractivity contribution in [3.05, 3.63) is 107 Å². The number of allylic oxidation sites excluding steroid dienone is 1. The van der Waals surface area contributed by atoms with Crippen LogP contribution in [0.1, 0.15) is 17.2 Å². The molecule has 1 aromatic heterocycles. The molecular formula is C23H17BrN4. The van der Waals surface area contributed by atoms with Crippen LogP contribution in [0, 0.1) is 0 Å². The Kier molecular flexibility index (Phi) is 4.29. The average Bonchev–Trinajstić information content (AvgIpc) is 3.23. The predicted molar refractivity (Wildman–Crippen MR) is 116 cm³/mol. The van der Waals surface area contributed by atoms with Crippen LogP contribution in [0.2, 0.25) is 0 Å². The minimum absolute atomic E-state index is 0.00403. The number of benzene rings is 3.